The average molecular weight is 444 g/mol. The number of rotatable bonds is 7. The van der Waals surface area contributed by atoms with Crippen molar-refractivity contribution in [2.45, 2.75) is 46.3 Å². The first-order chi connectivity index (χ1) is 15.8. The Kier molecular flexibility index (Phi) is 6.18. The summed E-state index contributed by atoms with van der Waals surface area (Å²) in [7, 11) is 0. The Morgan fingerprint density at radius 1 is 0.970 bits per heavy atom. The topological polar surface area (TPSA) is 69.7 Å². The molecule has 1 aliphatic heterocycles. The van der Waals surface area contributed by atoms with Crippen LogP contribution in [-0.4, -0.2) is 41.2 Å². The minimum Gasteiger partial charge on any atom is -0.352 e. The quantitative estimate of drug-likeness (QED) is 0.599. The smallest absolute Gasteiger partial charge is 0.259 e. The van der Waals surface area contributed by atoms with Crippen molar-refractivity contribution in [2.75, 3.05) is 11.4 Å². The molecule has 1 aliphatic rings. The second-order valence-electron chi connectivity index (χ2n) is 8.92. The van der Waals surface area contributed by atoms with Gasteiger partial charge in [0.25, 0.3) is 5.91 Å². The fourth-order valence-corrected chi connectivity index (χ4v) is 4.24. The van der Waals surface area contributed by atoms with E-state index in [9.17, 15) is 14.4 Å². The van der Waals surface area contributed by atoms with Gasteiger partial charge in [0, 0.05) is 23.5 Å². The van der Waals surface area contributed by atoms with Gasteiger partial charge >= 0.3 is 0 Å². The molecule has 3 amide bonds. The number of nitrogens with zero attached hydrogens (tertiary/aromatic N) is 2. The lowest BCUT2D eigenvalue weighted by Crippen LogP contribution is -2.51. The van der Waals surface area contributed by atoms with Gasteiger partial charge in [-0.05, 0) is 50.8 Å². The van der Waals surface area contributed by atoms with Crippen molar-refractivity contribution in [3.8, 4) is 0 Å². The van der Waals surface area contributed by atoms with Crippen LogP contribution in [0.5, 0.6) is 0 Å². The standard InChI is InChI=1S/C27H29N3O3/c1-17(2)28-26(32)19(4)29(15-20-13-11-18(3)12-14-20)24(31)16-30-23-10-6-8-21-7-5-9-22(25(21)23)27(30)33/h5-14,17,19H,15-16H2,1-4H3,(H,28,32)/t19-/m1/s1. The van der Waals surface area contributed by atoms with E-state index < -0.39 is 6.04 Å². The SMILES string of the molecule is Cc1ccc(CN(C(=O)CN2C(=O)c3cccc4cccc2c34)[C@H](C)C(=O)NC(C)C)cc1. The Balaban J connectivity index is 1.62. The number of hydrogen-bond acceptors (Lipinski definition) is 3. The molecule has 1 heterocycles. The summed E-state index contributed by atoms with van der Waals surface area (Å²) in [6.07, 6.45) is 0. The lowest BCUT2D eigenvalue weighted by molar-refractivity contribution is -0.139. The molecule has 6 nitrogen and oxygen atoms in total. The van der Waals surface area contributed by atoms with Gasteiger partial charge in [0.15, 0.2) is 0 Å². The highest BCUT2D eigenvalue weighted by Gasteiger charge is 2.34. The maximum absolute atomic E-state index is 13.6. The molecule has 3 aromatic rings. The van der Waals surface area contributed by atoms with E-state index >= 15 is 0 Å². The van der Waals surface area contributed by atoms with Crippen molar-refractivity contribution in [3.63, 3.8) is 0 Å². The first kappa shape index (κ1) is 22.5. The number of hydrogen-bond donors (Lipinski definition) is 1. The first-order valence-electron chi connectivity index (χ1n) is 11.2. The van der Waals surface area contributed by atoms with Crippen LogP contribution in [0.15, 0.2) is 60.7 Å². The molecule has 0 aromatic heterocycles. The van der Waals surface area contributed by atoms with E-state index in [0.29, 0.717) is 5.56 Å². The van der Waals surface area contributed by atoms with Gasteiger partial charge in [0.2, 0.25) is 11.8 Å². The van der Waals surface area contributed by atoms with Crippen molar-refractivity contribution in [1.29, 1.82) is 0 Å². The van der Waals surface area contributed by atoms with Gasteiger partial charge in [-0.1, -0.05) is 54.1 Å². The van der Waals surface area contributed by atoms with Gasteiger partial charge in [0.1, 0.15) is 12.6 Å². The lowest BCUT2D eigenvalue weighted by Gasteiger charge is -2.31. The van der Waals surface area contributed by atoms with Gasteiger partial charge in [-0.3, -0.25) is 19.3 Å². The highest BCUT2D eigenvalue weighted by Crippen LogP contribution is 2.37. The minimum atomic E-state index is -0.683. The molecule has 3 aromatic carbocycles. The third-order valence-corrected chi connectivity index (χ3v) is 6.01. The third kappa shape index (κ3) is 4.46. The van der Waals surface area contributed by atoms with E-state index in [1.165, 1.54) is 4.90 Å². The zero-order valence-corrected chi connectivity index (χ0v) is 19.5. The third-order valence-electron chi connectivity index (χ3n) is 6.01. The first-order valence-corrected chi connectivity index (χ1v) is 11.2. The Morgan fingerprint density at radius 2 is 1.64 bits per heavy atom. The maximum Gasteiger partial charge on any atom is 0.259 e. The van der Waals surface area contributed by atoms with E-state index in [-0.39, 0.29) is 36.9 Å². The molecule has 4 rings (SSSR count). The van der Waals surface area contributed by atoms with Crippen LogP contribution in [0.3, 0.4) is 0 Å². The summed E-state index contributed by atoms with van der Waals surface area (Å²) < 4.78 is 0. The van der Waals surface area contributed by atoms with Crippen molar-refractivity contribution in [1.82, 2.24) is 10.2 Å². The summed E-state index contributed by atoms with van der Waals surface area (Å²) in [6.45, 7) is 7.66. The molecular formula is C27H29N3O3. The summed E-state index contributed by atoms with van der Waals surface area (Å²) in [4.78, 5) is 42.6. The fourth-order valence-electron chi connectivity index (χ4n) is 4.24. The van der Waals surface area contributed by atoms with Crippen LogP contribution in [0.4, 0.5) is 5.69 Å². The van der Waals surface area contributed by atoms with Crippen molar-refractivity contribution >= 4 is 34.2 Å². The van der Waals surface area contributed by atoms with Crippen LogP contribution in [0.25, 0.3) is 10.8 Å². The van der Waals surface area contributed by atoms with Crippen LogP contribution >= 0.6 is 0 Å². The second kappa shape index (κ2) is 9.06. The van der Waals surface area contributed by atoms with E-state index in [0.717, 1.165) is 27.6 Å². The molecule has 0 saturated heterocycles. The van der Waals surface area contributed by atoms with E-state index in [1.807, 2.05) is 75.4 Å². The minimum absolute atomic E-state index is 0.0384. The van der Waals surface area contributed by atoms with Crippen molar-refractivity contribution < 1.29 is 14.4 Å². The largest absolute Gasteiger partial charge is 0.352 e. The summed E-state index contributed by atoms with van der Waals surface area (Å²) in [6, 6.07) is 18.5. The number of nitrogens with one attached hydrogen (secondary N) is 1. The lowest BCUT2D eigenvalue weighted by atomic mass is 10.1. The number of aryl methyl sites for hydroxylation is 1. The average Bonchev–Trinajstić information content (AvgIpc) is 3.05. The summed E-state index contributed by atoms with van der Waals surface area (Å²) >= 11 is 0. The van der Waals surface area contributed by atoms with Crippen LogP contribution in [0, 0.1) is 6.92 Å². The number of amides is 3. The molecule has 6 heteroatoms. The molecule has 33 heavy (non-hydrogen) atoms. The normalized spacial score (nSPS) is 13.5. The zero-order valence-electron chi connectivity index (χ0n) is 19.5. The molecule has 0 unspecified atom stereocenters. The number of carbonyl (C=O) groups excluding carboxylic acids is 3. The molecule has 0 bridgehead atoms. The van der Waals surface area contributed by atoms with Gasteiger partial charge in [-0.15, -0.1) is 0 Å². The Labute approximate surface area is 194 Å². The van der Waals surface area contributed by atoms with Crippen molar-refractivity contribution in [3.05, 3.63) is 77.4 Å². The highest BCUT2D eigenvalue weighted by molar-refractivity contribution is 6.26. The number of benzene rings is 3. The maximum atomic E-state index is 13.6. The fraction of sp³-hybridized carbons (Fsp3) is 0.296. The van der Waals surface area contributed by atoms with Gasteiger partial charge < -0.3 is 10.2 Å². The van der Waals surface area contributed by atoms with Gasteiger partial charge in [-0.25, -0.2) is 0 Å². The molecule has 1 N–H and O–H groups in total. The zero-order chi connectivity index (χ0) is 23.7. The van der Waals surface area contributed by atoms with E-state index in [2.05, 4.69) is 5.32 Å². The van der Waals surface area contributed by atoms with E-state index in [4.69, 9.17) is 0 Å². The Hall–Kier alpha value is -3.67. The van der Waals surface area contributed by atoms with Crippen LogP contribution in [0.1, 0.15) is 42.3 Å². The highest BCUT2D eigenvalue weighted by atomic mass is 16.2. The molecule has 1 atom stereocenters. The predicted molar refractivity (Wildman–Crippen MR) is 130 cm³/mol. The van der Waals surface area contributed by atoms with Crippen molar-refractivity contribution in [2.24, 2.45) is 0 Å². The summed E-state index contributed by atoms with van der Waals surface area (Å²) in [5, 5.41) is 4.73. The molecule has 0 spiro atoms. The van der Waals surface area contributed by atoms with Gasteiger partial charge in [-0.2, -0.15) is 0 Å². The van der Waals surface area contributed by atoms with Crippen LogP contribution < -0.4 is 10.2 Å². The molecule has 0 fully saturated rings. The predicted octanol–water partition coefficient (Wildman–Crippen LogP) is 4.05. The van der Waals surface area contributed by atoms with E-state index in [1.54, 1.807) is 17.9 Å². The Bertz CT molecular complexity index is 1210. The molecule has 0 saturated carbocycles. The second-order valence-corrected chi connectivity index (χ2v) is 8.92. The van der Waals surface area contributed by atoms with Gasteiger partial charge in [0.05, 0.1) is 5.69 Å². The molecule has 0 radical (unpaired) electrons. The monoisotopic (exact) mass is 443 g/mol. The van der Waals surface area contributed by atoms with Crippen LogP contribution in [-0.2, 0) is 16.1 Å². The molecule has 0 aliphatic carbocycles. The number of anilines is 1. The summed E-state index contributed by atoms with van der Waals surface area (Å²) in [5.74, 6) is -0.687. The summed E-state index contributed by atoms with van der Waals surface area (Å²) in [5.41, 5.74) is 3.38. The molecular weight excluding hydrogens is 414 g/mol. The number of carbonyl (C=O) groups is 3. The molecule has 170 valence electrons. The van der Waals surface area contributed by atoms with Crippen LogP contribution in [0.2, 0.25) is 0 Å². The Morgan fingerprint density at radius 3 is 2.30 bits per heavy atom.